The smallest absolute Gasteiger partial charge is 0.191 e. The Morgan fingerprint density at radius 3 is 3.15 bits per heavy atom. The van der Waals surface area contributed by atoms with Crippen LogP contribution in [0.5, 0.6) is 0 Å². The van der Waals surface area contributed by atoms with Gasteiger partial charge < -0.3 is 9.99 Å². The van der Waals surface area contributed by atoms with Gasteiger partial charge in [-0.1, -0.05) is 18.2 Å². The first-order valence-electron chi connectivity index (χ1n) is 6.83. The number of nitrogens with two attached hydrogens (primary N) is 1. The van der Waals surface area contributed by atoms with Crippen LogP contribution in [-0.4, -0.2) is 19.7 Å². The zero-order valence-electron chi connectivity index (χ0n) is 11.2. The van der Waals surface area contributed by atoms with E-state index < -0.39 is 0 Å². The zero-order valence-corrected chi connectivity index (χ0v) is 12.1. The summed E-state index contributed by atoms with van der Waals surface area (Å²) in [4.78, 5) is 4.11. The van der Waals surface area contributed by atoms with Crippen molar-refractivity contribution in [1.82, 2.24) is 19.7 Å². The molecule has 0 saturated heterocycles. The van der Waals surface area contributed by atoms with Gasteiger partial charge in [0, 0.05) is 24.9 Å². The molecule has 1 aliphatic rings. The highest BCUT2D eigenvalue weighted by Crippen LogP contribution is 2.25. The molecule has 6 nitrogen and oxygen atoms in total. The summed E-state index contributed by atoms with van der Waals surface area (Å²) >= 11 is 1.72. The molecule has 3 heterocycles. The summed E-state index contributed by atoms with van der Waals surface area (Å²) in [6, 6.07) is 3.94. The Bertz CT molecular complexity index is 582. The summed E-state index contributed by atoms with van der Waals surface area (Å²) in [7, 11) is 0. The highest BCUT2D eigenvalue weighted by molar-refractivity contribution is 7.98. The van der Waals surface area contributed by atoms with E-state index in [2.05, 4.69) is 25.2 Å². The molecule has 0 bridgehead atoms. The average Bonchev–Trinajstić information content (AvgIpc) is 2.72. The van der Waals surface area contributed by atoms with E-state index in [1.165, 1.54) is 24.8 Å². The molecule has 1 aliphatic heterocycles. The van der Waals surface area contributed by atoms with E-state index in [4.69, 9.17) is 5.84 Å². The quantitative estimate of drug-likeness (QED) is 0.509. The molecular formula is C13H18N6S. The van der Waals surface area contributed by atoms with Crippen LogP contribution >= 0.6 is 11.8 Å². The Morgan fingerprint density at radius 1 is 1.30 bits per heavy atom. The summed E-state index contributed by atoms with van der Waals surface area (Å²) < 4.78 is 2.26. The summed E-state index contributed by atoms with van der Waals surface area (Å²) in [5.41, 5.74) is 3.74. The van der Waals surface area contributed by atoms with E-state index in [-0.39, 0.29) is 0 Å². The Labute approximate surface area is 122 Å². The van der Waals surface area contributed by atoms with Gasteiger partial charge in [0.2, 0.25) is 0 Å². The second-order valence-corrected chi connectivity index (χ2v) is 5.79. The first-order chi connectivity index (χ1) is 9.86. The van der Waals surface area contributed by atoms with Crippen molar-refractivity contribution >= 4 is 17.6 Å². The highest BCUT2D eigenvalue weighted by Gasteiger charge is 2.14. The van der Waals surface area contributed by atoms with Gasteiger partial charge in [-0.25, -0.2) is 10.8 Å². The molecule has 2 aromatic heterocycles. The number of fused-ring (bicyclic) bond motifs is 1. The number of aromatic nitrogens is 4. The lowest BCUT2D eigenvalue weighted by Crippen LogP contribution is -2.08. The molecule has 3 rings (SSSR count). The number of hydrazine groups is 1. The number of nitrogens with one attached hydrogen (secondary N) is 1. The minimum Gasteiger partial charge on any atom is -0.308 e. The summed E-state index contributed by atoms with van der Waals surface area (Å²) in [6.45, 7) is 1.04. The third-order valence-corrected chi connectivity index (χ3v) is 4.45. The molecule has 7 heteroatoms. The Hall–Kier alpha value is -1.60. The number of pyridine rings is 1. The molecule has 0 radical (unpaired) electrons. The number of nitrogen functional groups attached to an aromatic ring is 1. The van der Waals surface area contributed by atoms with Gasteiger partial charge in [-0.05, 0) is 30.5 Å². The van der Waals surface area contributed by atoms with Crippen molar-refractivity contribution in [3.63, 3.8) is 0 Å². The molecule has 0 aromatic carbocycles. The SMILES string of the molecule is NNc1cc(CSc2nnc3n2CCCCC3)ccn1. The van der Waals surface area contributed by atoms with Crippen LogP contribution in [0.2, 0.25) is 0 Å². The average molecular weight is 290 g/mol. The number of hydrogen-bond donors (Lipinski definition) is 2. The van der Waals surface area contributed by atoms with E-state index in [0.29, 0.717) is 5.82 Å². The number of aryl methyl sites for hydroxylation is 1. The van der Waals surface area contributed by atoms with Gasteiger partial charge in [-0.2, -0.15) is 0 Å². The normalized spacial score (nSPS) is 14.7. The Balaban J connectivity index is 1.70. The van der Waals surface area contributed by atoms with Gasteiger partial charge in [0.25, 0.3) is 0 Å². The molecule has 2 aromatic rings. The minimum absolute atomic E-state index is 0.683. The number of thioether (sulfide) groups is 1. The molecule has 0 fully saturated rings. The summed E-state index contributed by atoms with van der Waals surface area (Å²) in [5.74, 6) is 8.03. The fourth-order valence-corrected chi connectivity index (χ4v) is 3.28. The van der Waals surface area contributed by atoms with E-state index in [9.17, 15) is 0 Å². The van der Waals surface area contributed by atoms with E-state index in [1.807, 2.05) is 12.1 Å². The second kappa shape index (κ2) is 6.23. The zero-order chi connectivity index (χ0) is 13.8. The maximum absolute atomic E-state index is 5.37. The summed E-state index contributed by atoms with van der Waals surface area (Å²) in [5, 5.41) is 9.64. The van der Waals surface area contributed by atoms with Gasteiger partial charge in [-0.3, -0.25) is 0 Å². The van der Waals surface area contributed by atoms with Crippen molar-refractivity contribution in [3.05, 3.63) is 29.7 Å². The van der Waals surface area contributed by atoms with Crippen LogP contribution in [-0.2, 0) is 18.7 Å². The van der Waals surface area contributed by atoms with Crippen molar-refractivity contribution in [2.75, 3.05) is 5.43 Å². The molecule has 0 unspecified atom stereocenters. The van der Waals surface area contributed by atoms with Crippen LogP contribution in [0.25, 0.3) is 0 Å². The molecule has 106 valence electrons. The Morgan fingerprint density at radius 2 is 2.25 bits per heavy atom. The van der Waals surface area contributed by atoms with Crippen molar-refractivity contribution in [2.45, 2.75) is 43.1 Å². The third kappa shape index (κ3) is 2.94. The van der Waals surface area contributed by atoms with E-state index >= 15 is 0 Å². The molecule has 0 amide bonds. The van der Waals surface area contributed by atoms with Gasteiger partial charge in [-0.15, -0.1) is 10.2 Å². The van der Waals surface area contributed by atoms with E-state index in [0.717, 1.165) is 29.7 Å². The van der Waals surface area contributed by atoms with Gasteiger partial charge in [0.15, 0.2) is 5.16 Å². The van der Waals surface area contributed by atoms with Crippen LogP contribution in [0.4, 0.5) is 5.82 Å². The molecule has 20 heavy (non-hydrogen) atoms. The maximum Gasteiger partial charge on any atom is 0.191 e. The topological polar surface area (TPSA) is 81.6 Å². The lowest BCUT2D eigenvalue weighted by molar-refractivity contribution is 0.591. The van der Waals surface area contributed by atoms with Crippen molar-refractivity contribution in [2.24, 2.45) is 5.84 Å². The van der Waals surface area contributed by atoms with Crippen LogP contribution in [0, 0.1) is 0 Å². The van der Waals surface area contributed by atoms with Crippen LogP contribution < -0.4 is 11.3 Å². The van der Waals surface area contributed by atoms with Crippen molar-refractivity contribution in [3.8, 4) is 0 Å². The molecule has 3 N–H and O–H groups in total. The maximum atomic E-state index is 5.37. The van der Waals surface area contributed by atoms with Crippen LogP contribution in [0.3, 0.4) is 0 Å². The first-order valence-corrected chi connectivity index (χ1v) is 7.82. The highest BCUT2D eigenvalue weighted by atomic mass is 32.2. The molecule has 0 saturated carbocycles. The third-order valence-electron chi connectivity index (χ3n) is 3.42. The lowest BCUT2D eigenvalue weighted by atomic mass is 10.2. The monoisotopic (exact) mass is 290 g/mol. The number of nitrogens with zero attached hydrogens (tertiary/aromatic N) is 4. The predicted octanol–water partition coefficient (Wildman–Crippen LogP) is 1.98. The molecular weight excluding hydrogens is 272 g/mol. The fourth-order valence-electron chi connectivity index (χ4n) is 2.36. The van der Waals surface area contributed by atoms with Gasteiger partial charge >= 0.3 is 0 Å². The molecule has 0 aliphatic carbocycles. The van der Waals surface area contributed by atoms with Crippen LogP contribution in [0.15, 0.2) is 23.5 Å². The van der Waals surface area contributed by atoms with Crippen molar-refractivity contribution in [1.29, 1.82) is 0 Å². The second-order valence-electron chi connectivity index (χ2n) is 4.84. The number of anilines is 1. The van der Waals surface area contributed by atoms with Crippen molar-refractivity contribution < 1.29 is 0 Å². The van der Waals surface area contributed by atoms with Gasteiger partial charge in [0.05, 0.1) is 0 Å². The minimum atomic E-state index is 0.683. The standard InChI is InChI=1S/C13H18N6S/c14-16-11-8-10(5-6-15-11)9-20-13-18-17-12-4-2-1-3-7-19(12)13/h5-6,8H,1-4,7,9,14H2,(H,15,16). The largest absolute Gasteiger partial charge is 0.308 e. The fraction of sp³-hybridized carbons (Fsp3) is 0.462. The number of hydrogen-bond acceptors (Lipinski definition) is 6. The molecule has 0 spiro atoms. The predicted molar refractivity (Wildman–Crippen MR) is 79.2 cm³/mol. The first kappa shape index (κ1) is 13.4. The van der Waals surface area contributed by atoms with Crippen LogP contribution in [0.1, 0.15) is 30.7 Å². The number of rotatable bonds is 4. The summed E-state index contributed by atoms with van der Waals surface area (Å²) in [6.07, 6.45) is 6.52. The van der Waals surface area contributed by atoms with E-state index in [1.54, 1.807) is 18.0 Å². The van der Waals surface area contributed by atoms with Gasteiger partial charge in [0.1, 0.15) is 11.6 Å². The lowest BCUT2D eigenvalue weighted by Gasteiger charge is -2.07. The molecule has 0 atom stereocenters. The Kier molecular flexibility index (Phi) is 4.17.